The first-order valence-electron chi connectivity index (χ1n) is 5.40. The van der Waals surface area contributed by atoms with Crippen LogP contribution in [0.3, 0.4) is 0 Å². The van der Waals surface area contributed by atoms with Crippen molar-refractivity contribution in [1.29, 1.82) is 0 Å². The highest BCUT2D eigenvalue weighted by Gasteiger charge is 2.29. The van der Waals surface area contributed by atoms with Gasteiger partial charge in [0.1, 0.15) is 0 Å². The minimum atomic E-state index is 0.0561. The zero-order valence-electron chi connectivity index (χ0n) is 9.15. The first kappa shape index (κ1) is 11.9. The van der Waals surface area contributed by atoms with Gasteiger partial charge in [0.15, 0.2) is 0 Å². The topological polar surface area (TPSA) is 58.7 Å². The Morgan fingerprint density at radius 3 is 2.86 bits per heavy atom. The van der Waals surface area contributed by atoms with E-state index in [-0.39, 0.29) is 18.7 Å². The lowest BCUT2D eigenvalue weighted by molar-refractivity contribution is -0.0392. The summed E-state index contributed by atoms with van der Waals surface area (Å²) in [4.78, 5) is 2.26. The van der Waals surface area contributed by atoms with Crippen molar-refractivity contribution in [2.75, 3.05) is 26.4 Å². The maximum absolute atomic E-state index is 9.34. The van der Waals surface area contributed by atoms with Gasteiger partial charge in [-0.1, -0.05) is 6.92 Å². The lowest BCUT2D eigenvalue weighted by atomic mass is 10.0. The quantitative estimate of drug-likeness (QED) is 0.663. The molecular weight excluding hydrogens is 180 g/mol. The summed E-state index contributed by atoms with van der Waals surface area (Å²) in [5, 5.41) is 9.34. The van der Waals surface area contributed by atoms with Gasteiger partial charge in [-0.25, -0.2) is 0 Å². The molecule has 3 unspecified atom stereocenters. The second-order valence-corrected chi connectivity index (χ2v) is 3.98. The molecule has 1 aliphatic rings. The maximum atomic E-state index is 9.34. The van der Waals surface area contributed by atoms with Crippen LogP contribution in [0.15, 0.2) is 0 Å². The average molecular weight is 202 g/mol. The van der Waals surface area contributed by atoms with Crippen LogP contribution >= 0.6 is 0 Å². The van der Waals surface area contributed by atoms with Gasteiger partial charge in [-0.2, -0.15) is 0 Å². The highest BCUT2D eigenvalue weighted by molar-refractivity contribution is 4.85. The van der Waals surface area contributed by atoms with E-state index in [1.165, 1.54) is 0 Å². The molecule has 14 heavy (non-hydrogen) atoms. The summed E-state index contributed by atoms with van der Waals surface area (Å²) in [5.74, 6) is 0. The molecular formula is C10H22N2O2. The van der Waals surface area contributed by atoms with Crippen molar-refractivity contribution in [2.45, 2.75) is 38.4 Å². The Hall–Kier alpha value is -0.160. The molecule has 0 radical (unpaired) electrons. The van der Waals surface area contributed by atoms with Crippen LogP contribution in [0.2, 0.25) is 0 Å². The molecule has 84 valence electrons. The smallest absolute Gasteiger partial charge is 0.0619 e. The number of nitrogens with zero attached hydrogens (tertiary/aromatic N) is 1. The number of ether oxygens (including phenoxy) is 1. The van der Waals surface area contributed by atoms with Gasteiger partial charge in [-0.05, 0) is 13.3 Å². The fourth-order valence-electron chi connectivity index (χ4n) is 1.99. The maximum Gasteiger partial charge on any atom is 0.0619 e. The van der Waals surface area contributed by atoms with Gasteiger partial charge in [0.05, 0.1) is 19.8 Å². The molecule has 1 saturated heterocycles. The van der Waals surface area contributed by atoms with Crippen LogP contribution in [0.5, 0.6) is 0 Å². The summed E-state index contributed by atoms with van der Waals surface area (Å²) < 4.78 is 5.36. The van der Waals surface area contributed by atoms with E-state index >= 15 is 0 Å². The number of aliphatic hydroxyl groups excluding tert-OH is 1. The van der Waals surface area contributed by atoms with Crippen LogP contribution in [-0.2, 0) is 4.74 Å². The summed E-state index contributed by atoms with van der Waals surface area (Å²) >= 11 is 0. The van der Waals surface area contributed by atoms with E-state index in [1.807, 2.05) is 0 Å². The van der Waals surface area contributed by atoms with E-state index < -0.39 is 0 Å². The predicted molar refractivity (Wildman–Crippen MR) is 56.1 cm³/mol. The Bertz CT molecular complexity index is 162. The number of hydrogen-bond acceptors (Lipinski definition) is 4. The number of nitrogens with two attached hydrogens (primary N) is 1. The molecule has 0 aliphatic carbocycles. The van der Waals surface area contributed by atoms with Crippen LogP contribution in [0, 0.1) is 0 Å². The fraction of sp³-hybridized carbons (Fsp3) is 1.00. The standard InChI is InChI=1S/C10H22N2O2/c1-3-9(11)10(6-13)12-4-5-14-7-8(12)2/h8-10,13H,3-7,11H2,1-2H3. The van der Waals surface area contributed by atoms with E-state index in [2.05, 4.69) is 18.7 Å². The molecule has 0 amide bonds. The Morgan fingerprint density at radius 1 is 1.64 bits per heavy atom. The molecule has 4 heteroatoms. The summed E-state index contributed by atoms with van der Waals surface area (Å²) in [6, 6.07) is 0.498. The predicted octanol–water partition coefficient (Wildman–Crippen LogP) is -0.195. The first-order chi connectivity index (χ1) is 6.70. The summed E-state index contributed by atoms with van der Waals surface area (Å²) in [6.45, 7) is 6.67. The van der Waals surface area contributed by atoms with Crippen molar-refractivity contribution in [3.63, 3.8) is 0 Å². The average Bonchev–Trinajstić information content (AvgIpc) is 2.21. The van der Waals surface area contributed by atoms with Crippen molar-refractivity contribution < 1.29 is 9.84 Å². The number of aliphatic hydroxyl groups is 1. The number of hydrogen-bond donors (Lipinski definition) is 2. The Morgan fingerprint density at radius 2 is 2.36 bits per heavy atom. The van der Waals surface area contributed by atoms with Gasteiger partial charge in [0.2, 0.25) is 0 Å². The minimum Gasteiger partial charge on any atom is -0.395 e. The molecule has 1 aliphatic heterocycles. The fourth-order valence-corrected chi connectivity index (χ4v) is 1.99. The number of morpholine rings is 1. The molecule has 0 aromatic rings. The third-order valence-corrected chi connectivity index (χ3v) is 3.00. The molecule has 1 fully saturated rings. The van der Waals surface area contributed by atoms with Crippen LogP contribution < -0.4 is 5.73 Å². The normalized spacial score (nSPS) is 28.7. The lowest BCUT2D eigenvalue weighted by Gasteiger charge is -2.40. The largest absolute Gasteiger partial charge is 0.395 e. The Labute approximate surface area is 86.0 Å². The van der Waals surface area contributed by atoms with Crippen LogP contribution in [0.1, 0.15) is 20.3 Å². The third-order valence-electron chi connectivity index (χ3n) is 3.00. The van der Waals surface area contributed by atoms with Gasteiger partial charge in [-0.15, -0.1) is 0 Å². The molecule has 3 N–H and O–H groups in total. The lowest BCUT2D eigenvalue weighted by Crippen LogP contribution is -2.57. The minimum absolute atomic E-state index is 0.0561. The molecule has 4 nitrogen and oxygen atoms in total. The van der Waals surface area contributed by atoms with Crippen LogP contribution in [0.4, 0.5) is 0 Å². The molecule has 1 heterocycles. The van der Waals surface area contributed by atoms with E-state index in [9.17, 15) is 5.11 Å². The molecule has 0 bridgehead atoms. The van der Waals surface area contributed by atoms with Crippen LogP contribution in [-0.4, -0.2) is 54.5 Å². The zero-order chi connectivity index (χ0) is 10.6. The Balaban J connectivity index is 2.57. The first-order valence-corrected chi connectivity index (χ1v) is 5.40. The van der Waals surface area contributed by atoms with E-state index in [4.69, 9.17) is 10.5 Å². The SMILES string of the molecule is CCC(N)C(CO)N1CCOCC1C. The molecule has 0 aromatic carbocycles. The van der Waals surface area contributed by atoms with Crippen molar-refractivity contribution in [3.05, 3.63) is 0 Å². The van der Waals surface area contributed by atoms with E-state index in [0.29, 0.717) is 6.04 Å². The van der Waals surface area contributed by atoms with Crippen molar-refractivity contribution in [2.24, 2.45) is 5.73 Å². The Kier molecular flexibility index (Phi) is 4.81. The second-order valence-electron chi connectivity index (χ2n) is 3.98. The molecule has 0 saturated carbocycles. The summed E-state index contributed by atoms with van der Waals surface area (Å²) in [7, 11) is 0. The van der Waals surface area contributed by atoms with Crippen molar-refractivity contribution in [3.8, 4) is 0 Å². The van der Waals surface area contributed by atoms with Gasteiger partial charge in [-0.3, -0.25) is 4.90 Å². The number of rotatable bonds is 4. The zero-order valence-corrected chi connectivity index (χ0v) is 9.15. The van der Waals surface area contributed by atoms with Gasteiger partial charge >= 0.3 is 0 Å². The van der Waals surface area contributed by atoms with E-state index in [0.717, 1.165) is 26.2 Å². The molecule has 0 aromatic heterocycles. The molecule has 3 atom stereocenters. The van der Waals surface area contributed by atoms with Crippen molar-refractivity contribution in [1.82, 2.24) is 4.90 Å². The molecule has 1 rings (SSSR count). The molecule has 0 spiro atoms. The monoisotopic (exact) mass is 202 g/mol. The third kappa shape index (κ3) is 2.67. The second kappa shape index (κ2) is 5.66. The van der Waals surface area contributed by atoms with Gasteiger partial charge in [0.25, 0.3) is 0 Å². The summed E-state index contributed by atoms with van der Waals surface area (Å²) in [6.07, 6.45) is 0.898. The van der Waals surface area contributed by atoms with Crippen LogP contribution in [0.25, 0.3) is 0 Å². The van der Waals surface area contributed by atoms with Crippen molar-refractivity contribution >= 4 is 0 Å². The van der Waals surface area contributed by atoms with Gasteiger partial charge in [0, 0.05) is 24.7 Å². The van der Waals surface area contributed by atoms with Gasteiger partial charge < -0.3 is 15.6 Å². The highest BCUT2D eigenvalue weighted by Crippen LogP contribution is 2.13. The summed E-state index contributed by atoms with van der Waals surface area (Å²) in [5.41, 5.74) is 5.98. The highest BCUT2D eigenvalue weighted by atomic mass is 16.5. The van der Waals surface area contributed by atoms with E-state index in [1.54, 1.807) is 0 Å².